The molecule has 0 aliphatic rings. The lowest BCUT2D eigenvalue weighted by molar-refractivity contribution is -0.124. The fraction of sp³-hybridized carbons (Fsp3) is 0.796. The summed E-state index contributed by atoms with van der Waals surface area (Å²) in [5.41, 5.74) is 8.77. The van der Waals surface area contributed by atoms with Gasteiger partial charge in [0.25, 0.3) is 0 Å². The van der Waals surface area contributed by atoms with Crippen LogP contribution < -0.4 is 53.2 Å². The molecule has 26 nitrogen and oxygen atoms in total. The van der Waals surface area contributed by atoms with Gasteiger partial charge in [0.05, 0.1) is 0 Å². The number of carbonyl (C=O) groups is 10. The summed E-state index contributed by atoms with van der Waals surface area (Å²) in [6.07, 6.45) is 5.75. The first-order valence-corrected chi connectivity index (χ1v) is 27.0. The minimum Gasteiger partial charge on any atom is -0.355 e. The van der Waals surface area contributed by atoms with E-state index in [1.807, 2.05) is 42.4 Å². The monoisotopic (exact) mass is 1060 g/mol. The van der Waals surface area contributed by atoms with Gasteiger partial charge >= 0.3 is 0 Å². The molecule has 0 rings (SSSR count). The van der Waals surface area contributed by atoms with E-state index in [-0.39, 0.29) is 143 Å². The number of nitrogens with one attached hydrogen (secondary N) is 10. The topological polar surface area (TPSA) is 349 Å². The highest BCUT2D eigenvalue weighted by atomic mass is 16.2. The molecule has 75 heavy (non-hydrogen) atoms. The largest absolute Gasteiger partial charge is 0.355 e. The van der Waals surface area contributed by atoms with E-state index in [9.17, 15) is 47.9 Å². The van der Waals surface area contributed by atoms with Gasteiger partial charge in [-0.05, 0) is 44.2 Å². The van der Waals surface area contributed by atoms with Crippen molar-refractivity contribution in [1.29, 1.82) is 0 Å². The van der Waals surface area contributed by atoms with E-state index < -0.39 is 0 Å². The van der Waals surface area contributed by atoms with E-state index >= 15 is 0 Å². The minimum atomic E-state index is -0.245. The van der Waals surface area contributed by atoms with Gasteiger partial charge in [-0.3, -0.25) is 47.9 Å². The number of carbonyl (C=O) groups excluding carboxylic acids is 10. The molecule has 0 aromatic rings. The quantitative estimate of drug-likeness (QED) is 0.0156. The number of rotatable bonds is 48. The molecule has 0 aliphatic carbocycles. The van der Waals surface area contributed by atoms with Crippen molar-refractivity contribution in [3.8, 4) is 0 Å². The zero-order valence-corrected chi connectivity index (χ0v) is 45.5. The second kappa shape index (κ2) is 47.6. The Labute approximate surface area is 444 Å². The average Bonchev–Trinajstić information content (AvgIpc) is 3.37. The molecular formula is C49H92N16O10. The van der Waals surface area contributed by atoms with Gasteiger partial charge in [0.1, 0.15) is 0 Å². The maximum atomic E-state index is 13.1. The van der Waals surface area contributed by atoms with Crippen LogP contribution in [0.4, 0.5) is 0 Å². The van der Waals surface area contributed by atoms with Crippen molar-refractivity contribution >= 4 is 59.1 Å². The number of hydrogen-bond donors (Lipinski definition) is 10. The molecule has 10 amide bonds. The molecule has 0 spiro atoms. The van der Waals surface area contributed by atoms with Crippen LogP contribution >= 0.6 is 0 Å². The highest BCUT2D eigenvalue weighted by molar-refractivity contribution is 5.80. The van der Waals surface area contributed by atoms with E-state index in [4.69, 9.17) is 5.53 Å². The zero-order valence-electron chi connectivity index (χ0n) is 45.5. The van der Waals surface area contributed by atoms with Crippen LogP contribution in [0.3, 0.4) is 0 Å². The van der Waals surface area contributed by atoms with Gasteiger partial charge in [-0.1, -0.05) is 32.8 Å². The fourth-order valence-corrected chi connectivity index (χ4v) is 7.09. The Morgan fingerprint density at radius 3 is 0.720 bits per heavy atom. The number of nitrogens with zero attached hydrogens (tertiary/aromatic N) is 6. The minimum absolute atomic E-state index is 0.0833. The van der Waals surface area contributed by atoms with Gasteiger partial charge in [-0.15, -0.1) is 0 Å². The summed E-state index contributed by atoms with van der Waals surface area (Å²) in [5.74, 6) is -1.72. The highest BCUT2D eigenvalue weighted by Crippen LogP contribution is 2.01. The second-order valence-electron chi connectivity index (χ2n) is 17.8. The number of hydrogen-bond acceptors (Lipinski definition) is 14. The van der Waals surface area contributed by atoms with Crippen molar-refractivity contribution in [2.45, 2.75) is 124 Å². The molecule has 26 heteroatoms. The summed E-state index contributed by atoms with van der Waals surface area (Å²) in [5, 5.41) is 31.6. The lowest BCUT2D eigenvalue weighted by Gasteiger charge is -2.24. The molecule has 0 heterocycles. The Morgan fingerprint density at radius 2 is 0.507 bits per heavy atom. The maximum absolute atomic E-state index is 13.1. The third kappa shape index (κ3) is 44.0. The van der Waals surface area contributed by atoms with Crippen LogP contribution in [-0.4, -0.2) is 205 Å². The van der Waals surface area contributed by atoms with Gasteiger partial charge in [0.2, 0.25) is 59.1 Å². The SMILES string of the molecule is CCCC(=O)NCCNC(=O)CCN(CCNC(=O)CCN(CCCN=[N+]=[N-])CCC(=O)NCCN(CCC(=O)NCCNC(=O)CCC)CCC(=O)NCCNC(=O)CCC)CCC(=O)NCCNC(=O)CCC. The lowest BCUT2D eigenvalue weighted by atomic mass is 10.2. The lowest BCUT2D eigenvalue weighted by Crippen LogP contribution is -2.41. The van der Waals surface area contributed by atoms with E-state index in [0.29, 0.717) is 117 Å². The van der Waals surface area contributed by atoms with Crippen LogP contribution in [0.5, 0.6) is 0 Å². The number of amides is 10. The Morgan fingerprint density at radius 1 is 0.307 bits per heavy atom. The standard InChI is InChI=1S/C49H92N16O10/c1-5-10-40(66)51-21-25-55-44(70)16-34-64(35-17-45(71)56-26-22-52-41(67)11-6-2)38-29-59-48(74)14-32-63(31-9-20-61-62-50)33-15-49(75)60-30-39-65(36-18-46(72)57-27-23-53-42(68)12-7-3)37-19-47(73)58-28-24-54-43(69)13-8-4/h5-39H2,1-4H3,(H,51,66)(H,52,67)(H,53,68)(H,54,69)(H,55,70)(H,56,71)(H,57,72)(H,58,73)(H,59,74)(H,60,75). The van der Waals surface area contributed by atoms with Crippen LogP contribution in [0.15, 0.2) is 5.11 Å². The Kier molecular flexibility index (Phi) is 43.7. The van der Waals surface area contributed by atoms with Crippen LogP contribution in [0.1, 0.15) is 124 Å². The molecule has 0 radical (unpaired) electrons. The molecule has 0 aliphatic heterocycles. The van der Waals surface area contributed by atoms with Gasteiger partial charge in [-0.2, -0.15) is 0 Å². The summed E-state index contributed by atoms with van der Waals surface area (Å²) in [6, 6.07) is 0. The second-order valence-corrected chi connectivity index (χ2v) is 17.8. The molecule has 0 aromatic heterocycles. The first-order chi connectivity index (χ1) is 36.1. The highest BCUT2D eigenvalue weighted by Gasteiger charge is 2.16. The van der Waals surface area contributed by atoms with Crippen molar-refractivity contribution in [2.24, 2.45) is 5.11 Å². The fourth-order valence-electron chi connectivity index (χ4n) is 7.09. The third-order valence-electron chi connectivity index (χ3n) is 11.2. The van der Waals surface area contributed by atoms with Gasteiger partial charge < -0.3 is 67.9 Å². The van der Waals surface area contributed by atoms with Crippen molar-refractivity contribution in [3.05, 3.63) is 10.4 Å². The molecule has 10 N–H and O–H groups in total. The van der Waals surface area contributed by atoms with Crippen LogP contribution in [0, 0.1) is 0 Å². The van der Waals surface area contributed by atoms with Crippen molar-refractivity contribution in [2.75, 3.05) is 131 Å². The Balaban J connectivity index is 5.33. The predicted molar refractivity (Wildman–Crippen MR) is 285 cm³/mol. The van der Waals surface area contributed by atoms with Gasteiger partial charge in [0, 0.05) is 193 Å². The van der Waals surface area contributed by atoms with E-state index in [1.165, 1.54) is 0 Å². The average molecular weight is 1070 g/mol. The maximum Gasteiger partial charge on any atom is 0.221 e. The molecule has 0 bridgehead atoms. The van der Waals surface area contributed by atoms with E-state index in [1.54, 1.807) is 0 Å². The first-order valence-electron chi connectivity index (χ1n) is 27.0. The van der Waals surface area contributed by atoms with Crippen molar-refractivity contribution in [3.63, 3.8) is 0 Å². The summed E-state index contributed by atoms with van der Waals surface area (Å²) in [7, 11) is 0. The van der Waals surface area contributed by atoms with Crippen molar-refractivity contribution < 1.29 is 47.9 Å². The van der Waals surface area contributed by atoms with Gasteiger partial charge in [-0.25, -0.2) is 0 Å². The normalized spacial score (nSPS) is 10.8. The number of azide groups is 1. The smallest absolute Gasteiger partial charge is 0.221 e. The molecule has 0 saturated carbocycles. The predicted octanol–water partition coefficient (Wildman–Crippen LogP) is -0.704. The molecule has 0 unspecified atom stereocenters. The zero-order chi connectivity index (χ0) is 55.7. The van der Waals surface area contributed by atoms with Crippen LogP contribution in [0.2, 0.25) is 0 Å². The van der Waals surface area contributed by atoms with E-state index in [0.717, 1.165) is 25.7 Å². The summed E-state index contributed by atoms with van der Waals surface area (Å²) in [4.78, 5) is 132. The van der Waals surface area contributed by atoms with Gasteiger partial charge in [0.15, 0.2) is 0 Å². The summed E-state index contributed by atoms with van der Waals surface area (Å²) in [6.45, 7) is 13.6. The molecular weight excluding hydrogens is 973 g/mol. The first kappa shape index (κ1) is 68.9. The van der Waals surface area contributed by atoms with Crippen LogP contribution in [0.25, 0.3) is 10.4 Å². The molecule has 0 aromatic carbocycles. The Bertz CT molecular complexity index is 1540. The Hall–Kier alpha value is -6.11. The summed E-state index contributed by atoms with van der Waals surface area (Å²) >= 11 is 0. The molecule has 0 fully saturated rings. The molecule has 0 atom stereocenters. The molecule has 428 valence electrons. The van der Waals surface area contributed by atoms with Crippen molar-refractivity contribution in [1.82, 2.24) is 67.9 Å². The van der Waals surface area contributed by atoms with E-state index in [2.05, 4.69) is 63.2 Å². The summed E-state index contributed by atoms with van der Waals surface area (Å²) < 4.78 is 0. The molecule has 0 saturated heterocycles. The van der Waals surface area contributed by atoms with Crippen LogP contribution in [-0.2, 0) is 47.9 Å². The third-order valence-corrected chi connectivity index (χ3v) is 11.2.